The van der Waals surface area contributed by atoms with E-state index in [1.165, 1.54) is 17.2 Å². The number of ether oxygens (including phenoxy) is 3. The highest BCUT2D eigenvalue weighted by Crippen LogP contribution is 2.37. The second-order valence-corrected chi connectivity index (χ2v) is 7.53. The van der Waals surface area contributed by atoms with Crippen LogP contribution in [0.15, 0.2) is 83.8 Å². The highest BCUT2D eigenvalue weighted by atomic mass is 32.2. The molecule has 0 bridgehead atoms. The fourth-order valence-corrected chi connectivity index (χ4v) is 3.25. The largest absolute Gasteiger partial charge is 0.454 e. The molecule has 1 aliphatic heterocycles. The minimum Gasteiger partial charge on any atom is -0.454 e. The summed E-state index contributed by atoms with van der Waals surface area (Å²) in [6, 6.07) is 25.0. The van der Waals surface area contributed by atoms with Crippen molar-refractivity contribution in [3.05, 3.63) is 90.0 Å². The molecular weight excluding hydrogens is 378 g/mol. The van der Waals surface area contributed by atoms with Crippen LogP contribution in [0.4, 0.5) is 0 Å². The predicted molar refractivity (Wildman–Crippen MR) is 105 cm³/mol. The molecule has 0 aliphatic carbocycles. The maximum atomic E-state index is 11.0. The van der Waals surface area contributed by atoms with E-state index in [1.54, 1.807) is 12.1 Å². The van der Waals surface area contributed by atoms with Gasteiger partial charge in [0.25, 0.3) is 0 Å². The molecule has 1 heterocycles. The third kappa shape index (κ3) is 5.56. The zero-order valence-corrected chi connectivity index (χ0v) is 16.0. The molecule has 0 amide bonds. The summed E-state index contributed by atoms with van der Waals surface area (Å²) in [5.74, 6) is 0.608. The molecule has 0 unspecified atom stereocenters. The first kappa shape index (κ1) is 19.9. The number of rotatable bonds is 5. The average Bonchev–Trinajstić information content (AvgIpc) is 3.18. The van der Waals surface area contributed by atoms with Crippen LogP contribution in [0.3, 0.4) is 0 Å². The standard InChI is InChI=1S/C14H14O.C7H7NO4S/c1-3-7-13(8-4-1)11-15-12-14-9-5-2-6-10-14;8-13(9,10)6-3-1-2-5-7(6)12-4-11-5/h1-10H,11-12H2;1-3H,4H2,(H2,8,9,10). The molecule has 0 radical (unpaired) electrons. The SMILES string of the molecule is NS(=O)(=O)c1cccc2c1OCO2.c1ccc(COCc2ccccc2)cc1. The Bertz CT molecular complexity index is 952. The molecule has 2 N–H and O–H groups in total. The van der Waals surface area contributed by atoms with E-state index in [9.17, 15) is 8.42 Å². The Kier molecular flexibility index (Phi) is 6.65. The minimum absolute atomic E-state index is 0.0296. The lowest BCUT2D eigenvalue weighted by Crippen LogP contribution is -2.12. The molecule has 1 aliphatic rings. The third-order valence-corrected chi connectivity index (χ3v) is 4.82. The topological polar surface area (TPSA) is 87.9 Å². The second-order valence-electron chi connectivity index (χ2n) is 6.00. The third-order valence-electron chi connectivity index (χ3n) is 3.89. The van der Waals surface area contributed by atoms with Crippen LogP contribution in [-0.2, 0) is 28.0 Å². The molecule has 6 nitrogen and oxygen atoms in total. The Morgan fingerprint density at radius 2 is 1.36 bits per heavy atom. The summed E-state index contributed by atoms with van der Waals surface area (Å²) in [5.41, 5.74) is 2.43. The fourth-order valence-electron chi connectivity index (χ4n) is 2.56. The van der Waals surface area contributed by atoms with Crippen molar-refractivity contribution in [2.45, 2.75) is 18.1 Å². The molecule has 0 saturated heterocycles. The number of hydrogen-bond acceptors (Lipinski definition) is 5. The summed E-state index contributed by atoms with van der Waals surface area (Å²) in [6.45, 7) is 1.38. The van der Waals surface area contributed by atoms with Crippen LogP contribution in [0, 0.1) is 0 Å². The molecule has 0 saturated carbocycles. The second kappa shape index (κ2) is 9.36. The zero-order valence-electron chi connectivity index (χ0n) is 15.2. The van der Waals surface area contributed by atoms with Crippen LogP contribution in [-0.4, -0.2) is 15.2 Å². The first-order chi connectivity index (χ1) is 13.5. The van der Waals surface area contributed by atoms with Gasteiger partial charge in [-0.2, -0.15) is 0 Å². The van der Waals surface area contributed by atoms with Gasteiger partial charge in [-0.3, -0.25) is 0 Å². The number of primary sulfonamides is 1. The molecule has 3 aromatic carbocycles. The van der Waals surface area contributed by atoms with Crippen LogP contribution in [0.1, 0.15) is 11.1 Å². The van der Waals surface area contributed by atoms with Gasteiger partial charge in [-0.15, -0.1) is 0 Å². The number of nitrogens with two attached hydrogens (primary N) is 1. The fraction of sp³-hybridized carbons (Fsp3) is 0.143. The molecule has 3 aromatic rings. The van der Waals surface area contributed by atoms with Crippen molar-refractivity contribution in [1.82, 2.24) is 0 Å². The summed E-state index contributed by atoms with van der Waals surface area (Å²) in [5, 5.41) is 4.97. The highest BCUT2D eigenvalue weighted by Gasteiger charge is 2.23. The lowest BCUT2D eigenvalue weighted by Gasteiger charge is -2.03. The van der Waals surface area contributed by atoms with Gasteiger partial charge >= 0.3 is 0 Å². The Labute approximate surface area is 164 Å². The maximum Gasteiger partial charge on any atom is 0.241 e. The number of sulfonamides is 1. The van der Waals surface area contributed by atoms with E-state index in [-0.39, 0.29) is 17.4 Å². The quantitative estimate of drug-likeness (QED) is 0.710. The van der Waals surface area contributed by atoms with Gasteiger partial charge in [-0.25, -0.2) is 13.6 Å². The van der Waals surface area contributed by atoms with Crippen molar-refractivity contribution >= 4 is 10.0 Å². The van der Waals surface area contributed by atoms with Crippen molar-refractivity contribution in [2.75, 3.05) is 6.79 Å². The minimum atomic E-state index is -3.73. The van der Waals surface area contributed by atoms with Gasteiger partial charge in [-0.1, -0.05) is 66.7 Å². The molecular formula is C21H21NO5S. The van der Waals surface area contributed by atoms with Crippen molar-refractivity contribution in [3.63, 3.8) is 0 Å². The Hall–Kier alpha value is -2.87. The molecule has 0 spiro atoms. The van der Waals surface area contributed by atoms with Crippen molar-refractivity contribution in [1.29, 1.82) is 0 Å². The zero-order chi connectivity index (χ0) is 19.8. The summed E-state index contributed by atoms with van der Waals surface area (Å²) in [7, 11) is -3.73. The molecule has 7 heteroatoms. The van der Waals surface area contributed by atoms with E-state index >= 15 is 0 Å². The molecule has 146 valence electrons. The van der Waals surface area contributed by atoms with Gasteiger partial charge < -0.3 is 14.2 Å². The molecule has 4 rings (SSSR count). The van der Waals surface area contributed by atoms with E-state index in [0.717, 1.165) is 0 Å². The van der Waals surface area contributed by atoms with Crippen molar-refractivity contribution in [2.24, 2.45) is 5.14 Å². The maximum absolute atomic E-state index is 11.0. The lowest BCUT2D eigenvalue weighted by molar-refractivity contribution is 0.107. The number of para-hydroxylation sites is 1. The normalized spacial score (nSPS) is 12.2. The smallest absolute Gasteiger partial charge is 0.241 e. The van der Waals surface area contributed by atoms with Crippen LogP contribution in [0.2, 0.25) is 0 Å². The highest BCUT2D eigenvalue weighted by molar-refractivity contribution is 7.89. The van der Waals surface area contributed by atoms with Gasteiger partial charge in [-0.05, 0) is 23.3 Å². The van der Waals surface area contributed by atoms with E-state index in [0.29, 0.717) is 19.0 Å². The number of benzene rings is 3. The molecule has 0 atom stereocenters. The van der Waals surface area contributed by atoms with Crippen LogP contribution in [0.25, 0.3) is 0 Å². The van der Waals surface area contributed by atoms with Crippen LogP contribution in [0.5, 0.6) is 11.5 Å². The summed E-state index contributed by atoms with van der Waals surface area (Å²) >= 11 is 0. The van der Waals surface area contributed by atoms with Crippen LogP contribution < -0.4 is 14.6 Å². The van der Waals surface area contributed by atoms with Gasteiger partial charge in [0.15, 0.2) is 11.5 Å². The monoisotopic (exact) mass is 399 g/mol. The van der Waals surface area contributed by atoms with E-state index < -0.39 is 10.0 Å². The van der Waals surface area contributed by atoms with Gasteiger partial charge in [0, 0.05) is 0 Å². The Morgan fingerprint density at radius 1 is 0.786 bits per heavy atom. The molecule has 0 fully saturated rings. The Morgan fingerprint density at radius 3 is 1.89 bits per heavy atom. The van der Waals surface area contributed by atoms with Crippen molar-refractivity contribution in [3.8, 4) is 11.5 Å². The van der Waals surface area contributed by atoms with E-state index in [1.807, 2.05) is 36.4 Å². The van der Waals surface area contributed by atoms with Gasteiger partial charge in [0.2, 0.25) is 16.8 Å². The number of fused-ring (bicyclic) bond motifs is 1. The molecule has 0 aromatic heterocycles. The van der Waals surface area contributed by atoms with Gasteiger partial charge in [0.1, 0.15) is 4.90 Å². The predicted octanol–water partition coefficient (Wildman–Crippen LogP) is 3.47. The van der Waals surface area contributed by atoms with Crippen molar-refractivity contribution < 1.29 is 22.6 Å². The molecule has 28 heavy (non-hydrogen) atoms. The van der Waals surface area contributed by atoms with Crippen LogP contribution >= 0.6 is 0 Å². The number of hydrogen-bond donors (Lipinski definition) is 1. The summed E-state index contributed by atoms with van der Waals surface area (Å²) in [4.78, 5) is -0.0394. The first-order valence-electron chi connectivity index (χ1n) is 8.61. The summed E-state index contributed by atoms with van der Waals surface area (Å²) < 4.78 is 37.6. The van der Waals surface area contributed by atoms with E-state index in [2.05, 4.69) is 24.3 Å². The summed E-state index contributed by atoms with van der Waals surface area (Å²) in [6.07, 6.45) is 0. The van der Waals surface area contributed by atoms with E-state index in [4.69, 9.17) is 19.3 Å². The average molecular weight is 399 g/mol. The Balaban J connectivity index is 0.000000162. The first-order valence-corrected chi connectivity index (χ1v) is 10.2. The lowest BCUT2D eigenvalue weighted by atomic mass is 10.2. The van der Waals surface area contributed by atoms with Gasteiger partial charge in [0.05, 0.1) is 13.2 Å².